The van der Waals surface area contributed by atoms with Gasteiger partial charge >= 0.3 is 0 Å². The first-order chi connectivity index (χ1) is 9.80. The fraction of sp³-hybridized carbons (Fsp3) is 0.188. The molecular formula is C16H16N2O2. The number of benzene rings is 2. The molecule has 0 heterocycles. The Kier molecular flexibility index (Phi) is 4.46. The second-order valence-corrected chi connectivity index (χ2v) is 4.15. The van der Waals surface area contributed by atoms with Gasteiger partial charge in [-0.3, -0.25) is 0 Å². The molecule has 4 heteroatoms. The molecule has 0 aliphatic rings. The Morgan fingerprint density at radius 1 is 0.950 bits per heavy atom. The summed E-state index contributed by atoms with van der Waals surface area (Å²) < 4.78 is 10.6. The third-order valence-corrected chi connectivity index (χ3v) is 2.99. The van der Waals surface area contributed by atoms with Crippen LogP contribution in [0.1, 0.15) is 11.6 Å². The Hall–Kier alpha value is -2.67. The summed E-state index contributed by atoms with van der Waals surface area (Å²) in [4.78, 5) is 0. The fourth-order valence-corrected chi connectivity index (χ4v) is 2.00. The number of nitrogens with zero attached hydrogens (tertiary/aromatic N) is 1. The van der Waals surface area contributed by atoms with Crippen LogP contribution in [0.3, 0.4) is 0 Å². The number of hydrogen-bond donors (Lipinski definition) is 1. The summed E-state index contributed by atoms with van der Waals surface area (Å²) in [7, 11) is 3.20. The van der Waals surface area contributed by atoms with E-state index in [4.69, 9.17) is 9.47 Å². The summed E-state index contributed by atoms with van der Waals surface area (Å²) in [5, 5.41) is 12.6. The molecule has 0 saturated heterocycles. The van der Waals surface area contributed by atoms with E-state index in [0.29, 0.717) is 11.5 Å². The van der Waals surface area contributed by atoms with Crippen molar-refractivity contribution in [3.05, 3.63) is 54.1 Å². The second-order valence-electron chi connectivity index (χ2n) is 4.15. The maximum atomic E-state index is 9.42. The molecule has 1 atom stereocenters. The van der Waals surface area contributed by atoms with E-state index in [2.05, 4.69) is 11.4 Å². The van der Waals surface area contributed by atoms with Crippen molar-refractivity contribution >= 4 is 5.69 Å². The van der Waals surface area contributed by atoms with Crippen molar-refractivity contribution in [1.29, 1.82) is 5.26 Å². The van der Waals surface area contributed by atoms with Crippen LogP contribution in [0.4, 0.5) is 5.69 Å². The maximum Gasteiger partial charge on any atom is 0.143 e. The third kappa shape index (κ3) is 2.83. The summed E-state index contributed by atoms with van der Waals surface area (Å²) in [5.41, 5.74) is 1.57. The standard InChI is InChI=1S/C16H16N2O2/c1-19-15-9-5-3-7-12(15)14(11-17)18-13-8-4-6-10-16(13)20-2/h3-10,14,18H,1-2H3/t14-/m1/s1. The van der Waals surface area contributed by atoms with Crippen LogP contribution in [0.5, 0.6) is 11.5 Å². The van der Waals surface area contributed by atoms with Crippen molar-refractivity contribution in [2.45, 2.75) is 6.04 Å². The van der Waals surface area contributed by atoms with E-state index < -0.39 is 6.04 Å². The van der Waals surface area contributed by atoms with E-state index in [0.717, 1.165) is 11.3 Å². The van der Waals surface area contributed by atoms with E-state index in [9.17, 15) is 5.26 Å². The van der Waals surface area contributed by atoms with Gasteiger partial charge < -0.3 is 14.8 Å². The summed E-state index contributed by atoms with van der Waals surface area (Å²) in [6.07, 6.45) is 0. The predicted octanol–water partition coefficient (Wildman–Crippen LogP) is 3.38. The molecule has 0 aliphatic heterocycles. The van der Waals surface area contributed by atoms with Crippen LogP contribution in [0.15, 0.2) is 48.5 Å². The fourth-order valence-electron chi connectivity index (χ4n) is 2.00. The first-order valence-electron chi connectivity index (χ1n) is 6.22. The number of para-hydroxylation sites is 3. The molecule has 20 heavy (non-hydrogen) atoms. The largest absolute Gasteiger partial charge is 0.496 e. The molecule has 0 aliphatic carbocycles. The van der Waals surface area contributed by atoms with Crippen LogP contribution >= 0.6 is 0 Å². The lowest BCUT2D eigenvalue weighted by Gasteiger charge is -2.17. The van der Waals surface area contributed by atoms with Gasteiger partial charge in [-0.2, -0.15) is 5.26 Å². The molecule has 0 fully saturated rings. The molecular weight excluding hydrogens is 252 g/mol. The zero-order valence-electron chi connectivity index (χ0n) is 11.5. The predicted molar refractivity (Wildman–Crippen MR) is 78.0 cm³/mol. The number of nitrogens with one attached hydrogen (secondary N) is 1. The third-order valence-electron chi connectivity index (χ3n) is 2.99. The number of anilines is 1. The summed E-state index contributed by atoms with van der Waals surface area (Å²) in [6, 6.07) is 16.7. The Balaban J connectivity index is 2.32. The van der Waals surface area contributed by atoms with Crippen molar-refractivity contribution in [2.24, 2.45) is 0 Å². The van der Waals surface area contributed by atoms with E-state index in [1.807, 2.05) is 48.5 Å². The first kappa shape index (κ1) is 13.8. The van der Waals surface area contributed by atoms with Gasteiger partial charge in [0.25, 0.3) is 0 Å². The highest BCUT2D eigenvalue weighted by Gasteiger charge is 2.16. The van der Waals surface area contributed by atoms with Crippen molar-refractivity contribution in [3.63, 3.8) is 0 Å². The van der Waals surface area contributed by atoms with Gasteiger partial charge in [0.1, 0.15) is 17.5 Å². The number of nitriles is 1. The van der Waals surface area contributed by atoms with Gasteiger partial charge in [0.15, 0.2) is 0 Å². The molecule has 0 aromatic heterocycles. The zero-order valence-corrected chi connectivity index (χ0v) is 11.5. The average molecular weight is 268 g/mol. The van der Waals surface area contributed by atoms with Crippen LogP contribution in [0.2, 0.25) is 0 Å². The SMILES string of the molecule is COc1ccccc1N[C@H](C#N)c1ccccc1OC. The van der Waals surface area contributed by atoms with Gasteiger partial charge in [-0.1, -0.05) is 30.3 Å². The van der Waals surface area contributed by atoms with Gasteiger partial charge in [-0.25, -0.2) is 0 Å². The Bertz CT molecular complexity index is 620. The van der Waals surface area contributed by atoms with E-state index in [-0.39, 0.29) is 0 Å². The van der Waals surface area contributed by atoms with Crippen LogP contribution in [0.25, 0.3) is 0 Å². The van der Waals surface area contributed by atoms with E-state index in [1.165, 1.54) is 0 Å². The lowest BCUT2D eigenvalue weighted by molar-refractivity contribution is 0.408. The topological polar surface area (TPSA) is 54.3 Å². The first-order valence-corrected chi connectivity index (χ1v) is 6.22. The van der Waals surface area contributed by atoms with Gasteiger partial charge in [0.2, 0.25) is 0 Å². The van der Waals surface area contributed by atoms with Crippen molar-refractivity contribution < 1.29 is 9.47 Å². The molecule has 0 saturated carbocycles. The summed E-state index contributed by atoms with van der Waals surface area (Å²) in [5.74, 6) is 1.38. The summed E-state index contributed by atoms with van der Waals surface area (Å²) >= 11 is 0. The number of hydrogen-bond acceptors (Lipinski definition) is 4. The van der Waals surface area contributed by atoms with Gasteiger partial charge in [-0.05, 0) is 18.2 Å². The van der Waals surface area contributed by atoms with E-state index in [1.54, 1.807) is 14.2 Å². The number of ether oxygens (including phenoxy) is 2. The van der Waals surface area contributed by atoms with Crippen molar-refractivity contribution in [3.8, 4) is 17.6 Å². The highest BCUT2D eigenvalue weighted by atomic mass is 16.5. The average Bonchev–Trinajstić information content (AvgIpc) is 2.53. The van der Waals surface area contributed by atoms with Gasteiger partial charge in [0.05, 0.1) is 26.0 Å². The lowest BCUT2D eigenvalue weighted by atomic mass is 10.1. The van der Waals surface area contributed by atoms with Gasteiger partial charge in [0, 0.05) is 5.56 Å². The smallest absolute Gasteiger partial charge is 0.143 e. The normalized spacial score (nSPS) is 11.2. The minimum Gasteiger partial charge on any atom is -0.496 e. The maximum absolute atomic E-state index is 9.42. The molecule has 0 amide bonds. The monoisotopic (exact) mass is 268 g/mol. The molecule has 0 unspecified atom stereocenters. The molecule has 0 bridgehead atoms. The van der Waals surface area contributed by atoms with Crippen LogP contribution in [-0.4, -0.2) is 14.2 Å². The molecule has 2 aromatic rings. The van der Waals surface area contributed by atoms with Crippen molar-refractivity contribution in [2.75, 3.05) is 19.5 Å². The highest BCUT2D eigenvalue weighted by molar-refractivity contribution is 5.59. The Morgan fingerprint density at radius 3 is 2.20 bits per heavy atom. The van der Waals surface area contributed by atoms with Crippen molar-refractivity contribution in [1.82, 2.24) is 0 Å². The molecule has 2 aromatic carbocycles. The lowest BCUT2D eigenvalue weighted by Crippen LogP contribution is -2.10. The molecule has 0 spiro atoms. The zero-order chi connectivity index (χ0) is 14.4. The second kappa shape index (κ2) is 6.48. The molecule has 2 rings (SSSR count). The van der Waals surface area contributed by atoms with Crippen LogP contribution < -0.4 is 14.8 Å². The number of methoxy groups -OCH3 is 2. The molecule has 1 N–H and O–H groups in total. The summed E-state index contributed by atoms with van der Waals surface area (Å²) in [6.45, 7) is 0. The molecule has 102 valence electrons. The minimum absolute atomic E-state index is 0.512. The van der Waals surface area contributed by atoms with Crippen LogP contribution in [0, 0.1) is 11.3 Å². The molecule has 0 radical (unpaired) electrons. The minimum atomic E-state index is -0.512. The highest BCUT2D eigenvalue weighted by Crippen LogP contribution is 2.31. The Morgan fingerprint density at radius 2 is 1.55 bits per heavy atom. The van der Waals surface area contributed by atoms with Crippen LogP contribution in [-0.2, 0) is 0 Å². The molecule has 4 nitrogen and oxygen atoms in total. The number of rotatable bonds is 5. The Labute approximate surface area is 118 Å². The quantitative estimate of drug-likeness (QED) is 0.903. The van der Waals surface area contributed by atoms with Gasteiger partial charge in [-0.15, -0.1) is 0 Å². The van der Waals surface area contributed by atoms with E-state index >= 15 is 0 Å².